The van der Waals surface area contributed by atoms with Crippen molar-refractivity contribution in [1.82, 2.24) is 19.4 Å². The maximum atomic E-state index is 13.5. The molecular weight excluding hydrogens is 520 g/mol. The molecule has 0 atom stereocenters. The number of hydrogen-bond donors (Lipinski definition) is 1. The molecule has 2 aromatic carbocycles. The molecule has 41 heavy (non-hydrogen) atoms. The largest absolute Gasteiger partial charge is 0.444 e. The van der Waals surface area contributed by atoms with Crippen LogP contribution in [0.2, 0.25) is 0 Å². The van der Waals surface area contributed by atoms with E-state index in [1.807, 2.05) is 90.1 Å². The summed E-state index contributed by atoms with van der Waals surface area (Å²) in [6.45, 7) is 14.4. The van der Waals surface area contributed by atoms with Gasteiger partial charge in [0, 0.05) is 43.6 Å². The highest BCUT2D eigenvalue weighted by Crippen LogP contribution is 2.30. The fraction of sp³-hybridized carbons (Fsp3) is 0.406. The predicted octanol–water partition coefficient (Wildman–Crippen LogP) is 5.99. The van der Waals surface area contributed by atoms with Crippen molar-refractivity contribution in [3.05, 3.63) is 70.5 Å². The molecule has 0 radical (unpaired) electrons. The van der Waals surface area contributed by atoms with Gasteiger partial charge >= 0.3 is 12.2 Å². The summed E-state index contributed by atoms with van der Waals surface area (Å²) in [5.41, 5.74) is 1.84. The number of pyridine rings is 1. The first kappa shape index (κ1) is 28.4. The number of aromatic amines is 1. The number of fused-ring (bicyclic) bond motifs is 2. The Balaban J connectivity index is 1.45. The molecule has 0 bridgehead atoms. The van der Waals surface area contributed by atoms with Crippen molar-refractivity contribution < 1.29 is 19.1 Å². The van der Waals surface area contributed by atoms with Gasteiger partial charge in [0.1, 0.15) is 11.2 Å². The highest BCUT2D eigenvalue weighted by molar-refractivity contribution is 5.97. The molecular formula is C32H38N4O5. The average molecular weight is 559 g/mol. The number of para-hydroxylation sites is 1. The zero-order chi connectivity index (χ0) is 29.5. The van der Waals surface area contributed by atoms with E-state index in [4.69, 9.17) is 9.47 Å². The smallest absolute Gasteiger partial charge is 0.419 e. The summed E-state index contributed by atoms with van der Waals surface area (Å²) < 4.78 is 12.8. The molecule has 1 amide bonds. The van der Waals surface area contributed by atoms with Crippen molar-refractivity contribution in [3.63, 3.8) is 0 Å². The summed E-state index contributed by atoms with van der Waals surface area (Å²) >= 11 is 0. The van der Waals surface area contributed by atoms with E-state index in [0.717, 1.165) is 34.9 Å². The number of hydrogen-bond acceptors (Lipinski definition) is 6. The number of aromatic nitrogens is 2. The van der Waals surface area contributed by atoms with Gasteiger partial charge in [-0.1, -0.05) is 24.3 Å². The number of ether oxygens (including phenoxy) is 2. The number of piperazine rings is 1. The second-order valence-electron chi connectivity index (χ2n) is 12.6. The first-order chi connectivity index (χ1) is 19.3. The maximum absolute atomic E-state index is 13.5. The Morgan fingerprint density at radius 2 is 1.46 bits per heavy atom. The number of nitrogens with one attached hydrogen (secondary N) is 1. The van der Waals surface area contributed by atoms with Gasteiger partial charge in [-0.05, 0) is 82.8 Å². The maximum Gasteiger partial charge on any atom is 0.419 e. The molecule has 9 nitrogen and oxygen atoms in total. The number of carbonyl (C=O) groups is 2. The van der Waals surface area contributed by atoms with Crippen molar-refractivity contribution in [2.75, 3.05) is 26.2 Å². The Morgan fingerprint density at radius 3 is 2.15 bits per heavy atom. The van der Waals surface area contributed by atoms with Crippen molar-refractivity contribution in [1.29, 1.82) is 0 Å². The minimum atomic E-state index is -0.706. The Morgan fingerprint density at radius 1 is 0.805 bits per heavy atom. The Hall–Kier alpha value is -4.11. The molecule has 1 aliphatic rings. The molecule has 0 spiro atoms. The number of amides is 1. The van der Waals surface area contributed by atoms with Crippen LogP contribution in [0.15, 0.2) is 59.4 Å². The van der Waals surface area contributed by atoms with Crippen molar-refractivity contribution in [3.8, 4) is 11.3 Å². The molecule has 3 heterocycles. The minimum Gasteiger partial charge on any atom is -0.444 e. The van der Waals surface area contributed by atoms with Gasteiger partial charge in [0.05, 0.1) is 16.8 Å². The summed E-state index contributed by atoms with van der Waals surface area (Å²) in [4.78, 5) is 46.1. The molecule has 1 aliphatic heterocycles. The molecule has 1 N–H and O–H groups in total. The van der Waals surface area contributed by atoms with Crippen molar-refractivity contribution >= 4 is 34.0 Å². The van der Waals surface area contributed by atoms with Crippen LogP contribution in [0.4, 0.5) is 9.59 Å². The third kappa shape index (κ3) is 6.46. The fourth-order valence-electron chi connectivity index (χ4n) is 5.08. The number of benzene rings is 2. The minimum absolute atomic E-state index is 0.278. The first-order valence-corrected chi connectivity index (χ1v) is 14.0. The highest BCUT2D eigenvalue weighted by atomic mass is 16.6. The van der Waals surface area contributed by atoms with Gasteiger partial charge in [0.2, 0.25) is 0 Å². The van der Waals surface area contributed by atoms with Gasteiger partial charge in [-0.15, -0.1) is 0 Å². The average Bonchev–Trinajstić information content (AvgIpc) is 3.25. The van der Waals surface area contributed by atoms with E-state index in [-0.39, 0.29) is 11.7 Å². The number of nitrogens with zero attached hydrogens (tertiary/aromatic N) is 3. The molecule has 1 fully saturated rings. The van der Waals surface area contributed by atoms with E-state index in [0.29, 0.717) is 36.4 Å². The van der Waals surface area contributed by atoms with Crippen LogP contribution in [0, 0.1) is 0 Å². The standard InChI is InChI=1S/C32H38N4O5/c1-31(2,3)40-29(38)35-15-13-34(14-16-35)20-21-11-12-26-23(17-21)19-27(36(26)30(39)41-32(4,5)6)24-18-22-9-7-8-10-25(22)33-28(24)37/h7-12,17-19H,13-16,20H2,1-6H3,(H,33,37). The molecule has 0 aliphatic carbocycles. The van der Waals surface area contributed by atoms with Gasteiger partial charge in [0.15, 0.2) is 0 Å². The molecule has 2 aromatic heterocycles. The van der Waals surface area contributed by atoms with E-state index in [1.54, 1.807) is 4.90 Å². The molecule has 0 unspecified atom stereocenters. The SMILES string of the molecule is CC(C)(C)OC(=O)N1CCN(Cc2ccc3c(c2)cc(-c2cc4ccccc4[nH]c2=O)n3C(=O)OC(C)(C)C)CC1. The summed E-state index contributed by atoms with van der Waals surface area (Å²) in [5.74, 6) is 0. The third-order valence-corrected chi connectivity index (χ3v) is 6.90. The first-order valence-electron chi connectivity index (χ1n) is 14.0. The monoisotopic (exact) mass is 558 g/mol. The second kappa shape index (κ2) is 10.7. The van der Waals surface area contributed by atoms with Crippen LogP contribution in [0.3, 0.4) is 0 Å². The highest BCUT2D eigenvalue weighted by Gasteiger charge is 2.27. The van der Waals surface area contributed by atoms with Gasteiger partial charge in [-0.25, -0.2) is 14.2 Å². The van der Waals surface area contributed by atoms with Crippen LogP contribution in [-0.2, 0) is 16.0 Å². The molecule has 9 heteroatoms. The van der Waals surface area contributed by atoms with Gasteiger partial charge in [-0.3, -0.25) is 9.69 Å². The van der Waals surface area contributed by atoms with Gasteiger partial charge in [0.25, 0.3) is 5.56 Å². The summed E-state index contributed by atoms with van der Waals surface area (Å²) in [6.07, 6.45) is -0.820. The summed E-state index contributed by atoms with van der Waals surface area (Å²) in [7, 11) is 0. The molecule has 5 rings (SSSR count). The lowest BCUT2D eigenvalue weighted by Crippen LogP contribution is -2.49. The van der Waals surface area contributed by atoms with Crippen molar-refractivity contribution in [2.45, 2.75) is 59.3 Å². The van der Waals surface area contributed by atoms with E-state index in [1.165, 1.54) is 4.57 Å². The van der Waals surface area contributed by atoms with E-state index >= 15 is 0 Å². The Bertz CT molecular complexity index is 1660. The number of carbonyl (C=O) groups excluding carboxylic acids is 2. The third-order valence-electron chi connectivity index (χ3n) is 6.90. The van der Waals surface area contributed by atoms with Crippen LogP contribution < -0.4 is 5.56 Å². The number of rotatable bonds is 3. The van der Waals surface area contributed by atoms with Crippen LogP contribution in [0.1, 0.15) is 47.1 Å². The topological polar surface area (TPSA) is 96.9 Å². The summed E-state index contributed by atoms with van der Waals surface area (Å²) in [6, 6.07) is 17.2. The Labute approximate surface area is 239 Å². The predicted molar refractivity (Wildman–Crippen MR) is 160 cm³/mol. The van der Waals surface area contributed by atoms with E-state index < -0.39 is 17.3 Å². The normalized spacial score (nSPS) is 14.9. The molecule has 216 valence electrons. The van der Waals surface area contributed by atoms with Gasteiger partial charge < -0.3 is 19.4 Å². The lowest BCUT2D eigenvalue weighted by Gasteiger charge is -2.35. The fourth-order valence-corrected chi connectivity index (χ4v) is 5.08. The quantitative estimate of drug-likeness (QED) is 0.332. The van der Waals surface area contributed by atoms with Crippen LogP contribution >= 0.6 is 0 Å². The van der Waals surface area contributed by atoms with Crippen LogP contribution in [-0.4, -0.2) is 68.9 Å². The summed E-state index contributed by atoms with van der Waals surface area (Å²) in [5, 5.41) is 1.71. The van der Waals surface area contributed by atoms with E-state index in [9.17, 15) is 14.4 Å². The zero-order valence-corrected chi connectivity index (χ0v) is 24.6. The van der Waals surface area contributed by atoms with Gasteiger partial charge in [-0.2, -0.15) is 0 Å². The molecule has 1 saturated heterocycles. The van der Waals surface area contributed by atoms with Crippen molar-refractivity contribution in [2.24, 2.45) is 0 Å². The lowest BCUT2D eigenvalue weighted by molar-refractivity contribution is 0.0139. The van der Waals surface area contributed by atoms with E-state index in [2.05, 4.69) is 16.0 Å². The van der Waals surface area contributed by atoms with Crippen LogP contribution in [0.25, 0.3) is 33.1 Å². The Kier molecular flexibility index (Phi) is 7.42. The lowest BCUT2D eigenvalue weighted by atomic mass is 10.1. The molecule has 4 aromatic rings. The van der Waals surface area contributed by atoms with Crippen LogP contribution in [0.5, 0.6) is 0 Å². The number of H-pyrrole nitrogens is 1. The molecule has 0 saturated carbocycles. The zero-order valence-electron chi connectivity index (χ0n) is 24.6. The second-order valence-corrected chi connectivity index (χ2v) is 12.6.